The Bertz CT molecular complexity index is 347. The number of hydrogen-bond donors (Lipinski definition) is 2. The zero-order valence-electron chi connectivity index (χ0n) is 10.4. The molecule has 0 aliphatic rings. The summed E-state index contributed by atoms with van der Waals surface area (Å²) < 4.78 is 5.46. The van der Waals surface area contributed by atoms with Crippen molar-refractivity contribution in [2.45, 2.75) is 20.3 Å². The highest BCUT2D eigenvalue weighted by atomic mass is 16.5. The number of benzene rings is 1. The van der Waals surface area contributed by atoms with Crippen molar-refractivity contribution in [1.29, 1.82) is 0 Å². The molecule has 0 aliphatic heterocycles. The van der Waals surface area contributed by atoms with Crippen LogP contribution < -0.4 is 15.8 Å². The maximum atomic E-state index is 11.5. The van der Waals surface area contributed by atoms with Gasteiger partial charge in [-0.3, -0.25) is 4.79 Å². The monoisotopic (exact) mass is 236 g/mol. The molecule has 1 aromatic carbocycles. The fourth-order valence-electron chi connectivity index (χ4n) is 1.19. The number of carbonyl (C=O) groups is 1. The van der Waals surface area contributed by atoms with E-state index in [2.05, 4.69) is 5.32 Å². The van der Waals surface area contributed by atoms with Gasteiger partial charge in [-0.2, -0.15) is 0 Å². The first kappa shape index (κ1) is 13.5. The molecular weight excluding hydrogens is 216 g/mol. The van der Waals surface area contributed by atoms with Crippen molar-refractivity contribution in [2.24, 2.45) is 11.7 Å². The maximum Gasteiger partial charge on any atom is 0.226 e. The number of hydrogen-bond acceptors (Lipinski definition) is 3. The van der Waals surface area contributed by atoms with Gasteiger partial charge in [0.15, 0.2) is 0 Å². The molecule has 94 valence electrons. The average Bonchev–Trinajstić information content (AvgIpc) is 2.31. The van der Waals surface area contributed by atoms with E-state index in [0.29, 0.717) is 13.2 Å². The van der Waals surface area contributed by atoms with Crippen molar-refractivity contribution in [1.82, 2.24) is 0 Å². The van der Waals surface area contributed by atoms with E-state index in [9.17, 15) is 4.79 Å². The zero-order chi connectivity index (χ0) is 12.7. The van der Waals surface area contributed by atoms with Crippen LogP contribution in [0.15, 0.2) is 24.3 Å². The van der Waals surface area contributed by atoms with Crippen molar-refractivity contribution in [3.05, 3.63) is 24.3 Å². The first-order valence-corrected chi connectivity index (χ1v) is 5.87. The number of ether oxygens (including phenoxy) is 1. The van der Waals surface area contributed by atoms with E-state index in [1.165, 1.54) is 0 Å². The second kappa shape index (κ2) is 6.91. The molecular formula is C13H20N2O2. The number of carbonyl (C=O) groups excluding carboxylic acids is 1. The fraction of sp³-hybridized carbons (Fsp3) is 0.462. The van der Waals surface area contributed by atoms with Gasteiger partial charge in [0, 0.05) is 11.6 Å². The predicted molar refractivity (Wildman–Crippen MR) is 69.1 cm³/mol. The van der Waals surface area contributed by atoms with Crippen molar-refractivity contribution < 1.29 is 9.53 Å². The van der Waals surface area contributed by atoms with Crippen LogP contribution in [0.4, 0.5) is 5.69 Å². The van der Waals surface area contributed by atoms with Gasteiger partial charge in [-0.1, -0.05) is 13.8 Å². The van der Waals surface area contributed by atoms with Crippen LogP contribution in [0.25, 0.3) is 0 Å². The molecule has 0 fully saturated rings. The Morgan fingerprint density at radius 3 is 2.53 bits per heavy atom. The molecule has 0 bridgehead atoms. The number of nitrogens with two attached hydrogens (primary N) is 1. The highest BCUT2D eigenvalue weighted by molar-refractivity contribution is 5.92. The van der Waals surface area contributed by atoms with E-state index in [-0.39, 0.29) is 11.8 Å². The fourth-order valence-corrected chi connectivity index (χ4v) is 1.19. The molecule has 0 heterocycles. The predicted octanol–water partition coefficient (Wildman–Crippen LogP) is 2.01. The van der Waals surface area contributed by atoms with Gasteiger partial charge in [-0.15, -0.1) is 0 Å². The standard InChI is InChI=1S/C13H20N2O2/c1-10(2)13(16)15-11-4-6-12(7-5-11)17-9-3-8-14/h4-7,10H,3,8-9,14H2,1-2H3,(H,15,16). The Kier molecular flexibility index (Phi) is 5.49. The molecule has 17 heavy (non-hydrogen) atoms. The van der Waals surface area contributed by atoms with E-state index < -0.39 is 0 Å². The minimum absolute atomic E-state index is 0.0156. The molecule has 1 amide bonds. The van der Waals surface area contributed by atoms with E-state index >= 15 is 0 Å². The Morgan fingerprint density at radius 1 is 1.35 bits per heavy atom. The summed E-state index contributed by atoms with van der Waals surface area (Å²) in [6, 6.07) is 7.34. The normalized spacial score (nSPS) is 10.4. The van der Waals surface area contributed by atoms with E-state index in [4.69, 9.17) is 10.5 Å². The molecule has 0 unspecified atom stereocenters. The highest BCUT2D eigenvalue weighted by Crippen LogP contribution is 2.16. The van der Waals surface area contributed by atoms with Crippen LogP contribution in [-0.4, -0.2) is 19.1 Å². The van der Waals surface area contributed by atoms with Crippen molar-refractivity contribution in [3.63, 3.8) is 0 Å². The van der Waals surface area contributed by atoms with Crippen LogP contribution in [0.5, 0.6) is 5.75 Å². The van der Waals surface area contributed by atoms with Crippen molar-refractivity contribution in [3.8, 4) is 5.75 Å². The lowest BCUT2D eigenvalue weighted by Gasteiger charge is -2.09. The highest BCUT2D eigenvalue weighted by Gasteiger charge is 2.06. The molecule has 0 aromatic heterocycles. The van der Waals surface area contributed by atoms with Crippen LogP contribution in [0.3, 0.4) is 0 Å². The minimum Gasteiger partial charge on any atom is -0.494 e. The molecule has 3 N–H and O–H groups in total. The Balaban J connectivity index is 2.47. The maximum absolute atomic E-state index is 11.5. The molecule has 0 spiro atoms. The van der Waals surface area contributed by atoms with Crippen LogP contribution in [0.1, 0.15) is 20.3 Å². The van der Waals surface area contributed by atoms with Gasteiger partial charge in [0.05, 0.1) is 6.61 Å². The smallest absolute Gasteiger partial charge is 0.226 e. The summed E-state index contributed by atoms with van der Waals surface area (Å²) in [5.74, 6) is 0.790. The van der Waals surface area contributed by atoms with Crippen molar-refractivity contribution >= 4 is 11.6 Å². The third kappa shape index (κ3) is 4.87. The summed E-state index contributed by atoms with van der Waals surface area (Å²) in [6.45, 7) is 4.97. The summed E-state index contributed by atoms with van der Waals surface area (Å²) >= 11 is 0. The van der Waals surface area contributed by atoms with E-state index in [0.717, 1.165) is 17.9 Å². The lowest BCUT2D eigenvalue weighted by molar-refractivity contribution is -0.118. The zero-order valence-corrected chi connectivity index (χ0v) is 10.4. The molecule has 0 aliphatic carbocycles. The summed E-state index contributed by atoms with van der Waals surface area (Å²) in [5.41, 5.74) is 6.16. The summed E-state index contributed by atoms with van der Waals surface area (Å²) in [7, 11) is 0. The molecule has 0 radical (unpaired) electrons. The first-order valence-electron chi connectivity index (χ1n) is 5.87. The molecule has 4 nitrogen and oxygen atoms in total. The molecule has 0 saturated heterocycles. The minimum atomic E-state index is -0.0181. The topological polar surface area (TPSA) is 64.3 Å². The Hall–Kier alpha value is -1.55. The first-order chi connectivity index (χ1) is 8.13. The largest absolute Gasteiger partial charge is 0.494 e. The third-order valence-electron chi connectivity index (χ3n) is 2.26. The number of anilines is 1. The molecule has 0 atom stereocenters. The Labute approximate surface area is 102 Å². The number of amides is 1. The van der Waals surface area contributed by atoms with Gasteiger partial charge in [0.1, 0.15) is 5.75 Å². The lowest BCUT2D eigenvalue weighted by atomic mass is 10.2. The van der Waals surface area contributed by atoms with Crippen LogP contribution in [0, 0.1) is 5.92 Å². The summed E-state index contributed by atoms with van der Waals surface area (Å²) in [6.07, 6.45) is 0.839. The number of nitrogens with one attached hydrogen (secondary N) is 1. The van der Waals surface area contributed by atoms with Gasteiger partial charge in [-0.05, 0) is 37.2 Å². The van der Waals surface area contributed by atoms with E-state index in [1.807, 2.05) is 38.1 Å². The van der Waals surface area contributed by atoms with Crippen molar-refractivity contribution in [2.75, 3.05) is 18.5 Å². The van der Waals surface area contributed by atoms with E-state index in [1.54, 1.807) is 0 Å². The molecule has 4 heteroatoms. The van der Waals surface area contributed by atoms with Gasteiger partial charge in [0.2, 0.25) is 5.91 Å². The second-order valence-electron chi connectivity index (χ2n) is 4.16. The van der Waals surface area contributed by atoms with Crippen LogP contribution in [-0.2, 0) is 4.79 Å². The lowest BCUT2D eigenvalue weighted by Crippen LogP contribution is -2.17. The SMILES string of the molecule is CC(C)C(=O)Nc1ccc(OCCCN)cc1. The third-order valence-corrected chi connectivity index (χ3v) is 2.26. The molecule has 1 rings (SSSR count). The van der Waals surface area contributed by atoms with Gasteiger partial charge >= 0.3 is 0 Å². The number of rotatable bonds is 6. The molecule has 0 saturated carbocycles. The van der Waals surface area contributed by atoms with Gasteiger partial charge < -0.3 is 15.8 Å². The Morgan fingerprint density at radius 2 is 2.00 bits per heavy atom. The van der Waals surface area contributed by atoms with Gasteiger partial charge in [0.25, 0.3) is 0 Å². The quantitative estimate of drug-likeness (QED) is 0.743. The summed E-state index contributed by atoms with van der Waals surface area (Å²) in [5, 5.41) is 2.82. The molecule has 1 aromatic rings. The van der Waals surface area contributed by atoms with Crippen LogP contribution in [0.2, 0.25) is 0 Å². The average molecular weight is 236 g/mol. The second-order valence-corrected chi connectivity index (χ2v) is 4.16. The van der Waals surface area contributed by atoms with Gasteiger partial charge in [-0.25, -0.2) is 0 Å². The summed E-state index contributed by atoms with van der Waals surface area (Å²) in [4.78, 5) is 11.5. The van der Waals surface area contributed by atoms with Crippen LogP contribution >= 0.6 is 0 Å².